The van der Waals surface area contributed by atoms with Crippen LogP contribution in [0.25, 0.3) is 22.2 Å². The molecule has 35 heavy (non-hydrogen) atoms. The summed E-state index contributed by atoms with van der Waals surface area (Å²) in [5.74, 6) is -4.38. The number of aromatic amines is 2. The standard InChI is InChI=1S/C24H16F4N4O3/c1-10-20(11(2)35-32-10)12-5-15(22-18(6-12)30-23(33)31-22)24(34,19-4-3-13(25)9-29-19)21-16(27)7-14(26)8-17(21)28/h3-9,34H,1-2H3,(H2,30,31,33). The van der Waals surface area contributed by atoms with Crippen LogP contribution in [0.1, 0.15) is 28.3 Å². The average Bonchev–Trinajstić information content (AvgIpc) is 3.32. The molecule has 0 amide bonds. The Hall–Kier alpha value is -4.25. The predicted molar refractivity (Wildman–Crippen MR) is 117 cm³/mol. The number of H-pyrrole nitrogens is 2. The number of hydrogen-bond donors (Lipinski definition) is 3. The highest BCUT2D eigenvalue weighted by molar-refractivity contribution is 5.87. The van der Waals surface area contributed by atoms with Crippen molar-refractivity contribution in [2.75, 3.05) is 0 Å². The molecular weight excluding hydrogens is 468 g/mol. The van der Waals surface area contributed by atoms with Crippen molar-refractivity contribution in [3.8, 4) is 11.1 Å². The van der Waals surface area contributed by atoms with Gasteiger partial charge in [0.2, 0.25) is 0 Å². The maximum Gasteiger partial charge on any atom is 0.323 e. The fourth-order valence-electron chi connectivity index (χ4n) is 4.35. The molecule has 3 N–H and O–H groups in total. The first kappa shape index (κ1) is 22.5. The number of imidazole rings is 1. The van der Waals surface area contributed by atoms with Crippen LogP contribution >= 0.6 is 0 Å². The second-order valence-electron chi connectivity index (χ2n) is 8.04. The largest absolute Gasteiger partial charge is 0.374 e. The number of rotatable bonds is 4. The molecule has 0 aliphatic heterocycles. The quantitative estimate of drug-likeness (QED) is 0.329. The van der Waals surface area contributed by atoms with Crippen molar-refractivity contribution in [1.82, 2.24) is 20.1 Å². The van der Waals surface area contributed by atoms with E-state index >= 15 is 8.78 Å². The maximum absolute atomic E-state index is 15.1. The Morgan fingerprint density at radius 2 is 1.69 bits per heavy atom. The van der Waals surface area contributed by atoms with Crippen molar-refractivity contribution in [1.29, 1.82) is 0 Å². The topological polar surface area (TPSA) is 108 Å². The predicted octanol–water partition coefficient (Wildman–Crippen LogP) is 4.36. The summed E-state index contributed by atoms with van der Waals surface area (Å²) < 4.78 is 62.9. The molecule has 0 fully saturated rings. The van der Waals surface area contributed by atoms with Gasteiger partial charge >= 0.3 is 5.69 Å². The third-order valence-corrected chi connectivity index (χ3v) is 5.80. The number of aryl methyl sites for hydroxylation is 2. The van der Waals surface area contributed by atoms with E-state index in [1.165, 1.54) is 6.07 Å². The first-order valence-electron chi connectivity index (χ1n) is 10.3. The first-order chi connectivity index (χ1) is 16.6. The molecule has 11 heteroatoms. The minimum absolute atomic E-state index is 0.00209. The van der Waals surface area contributed by atoms with Crippen LogP contribution in [0.2, 0.25) is 0 Å². The Bertz CT molecular complexity index is 1610. The van der Waals surface area contributed by atoms with Gasteiger partial charge in [0.25, 0.3) is 0 Å². The molecule has 178 valence electrons. The van der Waals surface area contributed by atoms with Gasteiger partial charge in [-0.3, -0.25) is 4.98 Å². The van der Waals surface area contributed by atoms with Gasteiger partial charge in [0, 0.05) is 23.3 Å². The average molecular weight is 484 g/mol. The SMILES string of the molecule is Cc1noc(C)c1-c1cc(C(O)(c2ccc(F)cn2)c2c(F)cc(F)cc2F)c2[nH]c(=O)[nH]c2c1. The summed E-state index contributed by atoms with van der Waals surface area (Å²) in [5.41, 5.74) is -3.35. The smallest absolute Gasteiger partial charge is 0.323 e. The Balaban J connectivity index is 1.94. The van der Waals surface area contributed by atoms with Crippen LogP contribution in [0.5, 0.6) is 0 Å². The molecule has 1 atom stereocenters. The number of aromatic nitrogens is 4. The minimum Gasteiger partial charge on any atom is -0.374 e. The van der Waals surface area contributed by atoms with E-state index in [-0.39, 0.29) is 22.3 Å². The Kier molecular flexibility index (Phi) is 5.09. The number of hydrogen-bond acceptors (Lipinski definition) is 5. The molecule has 0 saturated carbocycles. The summed E-state index contributed by atoms with van der Waals surface area (Å²) in [6.45, 7) is 3.31. The fraction of sp³-hybridized carbons (Fsp3) is 0.125. The van der Waals surface area contributed by atoms with Gasteiger partial charge in [-0.25, -0.2) is 22.4 Å². The summed E-state index contributed by atoms with van der Waals surface area (Å²) in [6.07, 6.45) is 0.759. The highest BCUT2D eigenvalue weighted by Gasteiger charge is 2.43. The lowest BCUT2D eigenvalue weighted by molar-refractivity contribution is 0.112. The van der Waals surface area contributed by atoms with Gasteiger partial charge in [0.1, 0.15) is 29.0 Å². The number of halogens is 4. The van der Waals surface area contributed by atoms with Crippen LogP contribution in [0.15, 0.2) is 51.9 Å². The van der Waals surface area contributed by atoms with E-state index in [0.29, 0.717) is 34.7 Å². The van der Waals surface area contributed by atoms with Crippen molar-refractivity contribution in [3.05, 3.63) is 105 Å². The molecule has 7 nitrogen and oxygen atoms in total. The molecule has 0 radical (unpaired) electrons. The van der Waals surface area contributed by atoms with E-state index in [2.05, 4.69) is 20.1 Å². The molecule has 0 aliphatic rings. The van der Waals surface area contributed by atoms with E-state index < -0.39 is 40.1 Å². The second-order valence-corrected chi connectivity index (χ2v) is 8.04. The van der Waals surface area contributed by atoms with Crippen molar-refractivity contribution >= 4 is 11.0 Å². The van der Waals surface area contributed by atoms with Crippen LogP contribution < -0.4 is 5.69 Å². The lowest BCUT2D eigenvalue weighted by atomic mass is 9.80. The summed E-state index contributed by atoms with van der Waals surface area (Å²) in [5, 5.41) is 16.0. The summed E-state index contributed by atoms with van der Waals surface area (Å²) in [4.78, 5) is 21.1. The molecular formula is C24H16F4N4O3. The molecule has 5 rings (SSSR count). The third kappa shape index (κ3) is 3.51. The van der Waals surface area contributed by atoms with E-state index in [9.17, 15) is 18.7 Å². The number of pyridine rings is 1. The van der Waals surface area contributed by atoms with Crippen molar-refractivity contribution < 1.29 is 27.2 Å². The summed E-state index contributed by atoms with van der Waals surface area (Å²) in [6, 6.07) is 5.74. The van der Waals surface area contributed by atoms with Crippen molar-refractivity contribution in [2.24, 2.45) is 0 Å². The van der Waals surface area contributed by atoms with E-state index in [4.69, 9.17) is 4.52 Å². The molecule has 5 aromatic rings. The highest BCUT2D eigenvalue weighted by atomic mass is 19.1. The van der Waals surface area contributed by atoms with Gasteiger partial charge in [-0.05, 0) is 43.7 Å². The molecule has 0 aliphatic carbocycles. The first-order valence-corrected chi connectivity index (χ1v) is 10.3. The van der Waals surface area contributed by atoms with Crippen molar-refractivity contribution in [3.63, 3.8) is 0 Å². The van der Waals surface area contributed by atoms with E-state index in [1.807, 2.05) is 0 Å². The minimum atomic E-state index is -2.73. The zero-order valence-electron chi connectivity index (χ0n) is 18.2. The Morgan fingerprint density at radius 3 is 2.29 bits per heavy atom. The zero-order chi connectivity index (χ0) is 25.1. The maximum atomic E-state index is 15.1. The van der Waals surface area contributed by atoms with Crippen LogP contribution in [-0.4, -0.2) is 25.2 Å². The monoisotopic (exact) mass is 484 g/mol. The fourth-order valence-corrected chi connectivity index (χ4v) is 4.35. The number of nitrogens with one attached hydrogen (secondary N) is 2. The number of benzene rings is 2. The Morgan fingerprint density at radius 1 is 0.971 bits per heavy atom. The van der Waals surface area contributed by atoms with Crippen molar-refractivity contribution in [2.45, 2.75) is 19.4 Å². The number of aliphatic hydroxyl groups is 1. The van der Waals surface area contributed by atoms with E-state index in [1.54, 1.807) is 19.9 Å². The normalized spacial score (nSPS) is 13.3. The van der Waals surface area contributed by atoms with Gasteiger partial charge in [0.15, 0.2) is 5.60 Å². The molecule has 3 aromatic heterocycles. The van der Waals surface area contributed by atoms with Gasteiger partial charge in [-0.2, -0.15) is 0 Å². The molecule has 0 bridgehead atoms. The van der Waals surface area contributed by atoms with Crippen LogP contribution in [0, 0.1) is 37.1 Å². The van der Waals surface area contributed by atoms with Crippen LogP contribution in [0.4, 0.5) is 17.6 Å². The van der Waals surface area contributed by atoms with Crippen LogP contribution in [0.3, 0.4) is 0 Å². The molecule has 0 saturated heterocycles. The molecule has 1 unspecified atom stereocenters. The Labute approximate surface area is 194 Å². The van der Waals surface area contributed by atoms with Gasteiger partial charge in [-0.15, -0.1) is 0 Å². The molecule has 3 heterocycles. The summed E-state index contributed by atoms with van der Waals surface area (Å²) in [7, 11) is 0. The lowest BCUT2D eigenvalue weighted by Gasteiger charge is -2.30. The van der Waals surface area contributed by atoms with Gasteiger partial charge < -0.3 is 19.6 Å². The van der Waals surface area contributed by atoms with Crippen LogP contribution in [-0.2, 0) is 5.60 Å². The zero-order valence-corrected chi connectivity index (χ0v) is 18.2. The summed E-state index contributed by atoms with van der Waals surface area (Å²) >= 11 is 0. The highest BCUT2D eigenvalue weighted by Crippen LogP contribution is 2.43. The molecule has 2 aromatic carbocycles. The third-order valence-electron chi connectivity index (χ3n) is 5.80. The number of nitrogens with zero attached hydrogens (tertiary/aromatic N) is 2. The lowest BCUT2D eigenvalue weighted by Crippen LogP contribution is -2.33. The van der Waals surface area contributed by atoms with Gasteiger partial charge in [0.05, 0.1) is 34.2 Å². The molecule has 0 spiro atoms. The number of fused-ring (bicyclic) bond motifs is 1. The van der Waals surface area contributed by atoms with E-state index in [0.717, 1.165) is 18.3 Å². The van der Waals surface area contributed by atoms with Gasteiger partial charge in [-0.1, -0.05) is 5.16 Å². The second kappa shape index (κ2) is 7.91.